The number of hydrogen-bond donors (Lipinski definition) is 4. The van der Waals surface area contributed by atoms with Crippen LogP contribution in [0.3, 0.4) is 0 Å². The van der Waals surface area contributed by atoms with E-state index in [2.05, 4.69) is 5.32 Å². The minimum Gasteiger partial charge on any atom is -0.465 e. The molecule has 5 N–H and O–H groups in total. The van der Waals surface area contributed by atoms with E-state index in [9.17, 15) is 28.2 Å². The van der Waals surface area contributed by atoms with Gasteiger partial charge in [0.15, 0.2) is 6.29 Å². The van der Waals surface area contributed by atoms with Crippen molar-refractivity contribution in [1.82, 2.24) is 14.5 Å². The van der Waals surface area contributed by atoms with Crippen molar-refractivity contribution in [3.63, 3.8) is 0 Å². The Hall–Kier alpha value is -3.43. The highest BCUT2D eigenvalue weighted by Gasteiger charge is 2.49. The van der Waals surface area contributed by atoms with Gasteiger partial charge in [0.25, 0.3) is 0 Å². The number of carbonyl (C=O) groups is 2. The zero-order valence-electron chi connectivity index (χ0n) is 28.2. The van der Waals surface area contributed by atoms with E-state index in [0.29, 0.717) is 32.4 Å². The van der Waals surface area contributed by atoms with E-state index in [1.54, 1.807) is 26.0 Å². The number of nitrogens with two attached hydrogens (primary N) is 1. The molecule has 2 aromatic rings. The Labute approximate surface area is 283 Å². The van der Waals surface area contributed by atoms with Crippen LogP contribution in [-0.4, -0.2) is 103 Å². The molecule has 2 heterocycles. The molecule has 2 aliphatic rings. The molecule has 14 heteroatoms. The lowest BCUT2D eigenvalue weighted by Crippen LogP contribution is -2.58. The Kier molecular flexibility index (Phi) is 12.7. The van der Waals surface area contributed by atoms with Crippen LogP contribution in [0.2, 0.25) is 0 Å². The Balaban J connectivity index is 1.62. The predicted molar refractivity (Wildman–Crippen MR) is 180 cm³/mol. The summed E-state index contributed by atoms with van der Waals surface area (Å²) in [7, 11) is -4.20. The summed E-state index contributed by atoms with van der Waals surface area (Å²) in [6.45, 7) is 7.86. The van der Waals surface area contributed by atoms with Gasteiger partial charge in [-0.3, -0.25) is 4.90 Å². The van der Waals surface area contributed by atoms with Crippen LogP contribution in [0.4, 0.5) is 15.3 Å². The topological polar surface area (TPSA) is 181 Å². The molecule has 2 saturated heterocycles. The van der Waals surface area contributed by atoms with Gasteiger partial charge in [-0.05, 0) is 68.7 Å². The number of carboxylic acid groups (broad SMARTS) is 1. The number of nitrogens with zero attached hydrogens (tertiary/aromatic N) is 2. The highest BCUT2D eigenvalue weighted by Crippen LogP contribution is 2.36. The molecule has 2 fully saturated rings. The SMILES string of the molecule is CC(C)OC(=O)NCCCC(C)(C)CN(C[C@@H](O)[C@H](Cc1ccccc1)N(C(=O)O)[C@H]1CO[C@H]2OCC[C@H]21)S(=O)(=O)c1cccc(N)c1. The summed E-state index contributed by atoms with van der Waals surface area (Å²) in [5.41, 5.74) is 6.42. The highest BCUT2D eigenvalue weighted by molar-refractivity contribution is 7.89. The summed E-state index contributed by atoms with van der Waals surface area (Å²) in [5.74, 6) is -0.205. The molecule has 0 radical (unpaired) electrons. The fourth-order valence-corrected chi connectivity index (χ4v) is 8.21. The second-order valence-electron chi connectivity index (χ2n) is 13.6. The van der Waals surface area contributed by atoms with Crippen LogP contribution in [0.25, 0.3) is 0 Å². The van der Waals surface area contributed by atoms with Crippen LogP contribution >= 0.6 is 0 Å². The molecule has 13 nitrogen and oxygen atoms in total. The van der Waals surface area contributed by atoms with Crippen LogP contribution in [0.1, 0.15) is 52.5 Å². The molecule has 2 amide bonds. The van der Waals surface area contributed by atoms with E-state index in [1.807, 2.05) is 44.2 Å². The van der Waals surface area contributed by atoms with Crippen molar-refractivity contribution in [1.29, 1.82) is 0 Å². The molecule has 0 aliphatic carbocycles. The number of ether oxygens (including phenoxy) is 3. The number of aliphatic hydroxyl groups excluding tert-OH is 1. The maximum absolute atomic E-state index is 14.2. The largest absolute Gasteiger partial charge is 0.465 e. The second kappa shape index (κ2) is 16.3. The first kappa shape index (κ1) is 37.4. The fraction of sp³-hybridized carbons (Fsp3) is 0.588. The second-order valence-corrected chi connectivity index (χ2v) is 15.6. The molecule has 2 aliphatic heterocycles. The minimum atomic E-state index is -4.20. The Morgan fingerprint density at radius 1 is 1.12 bits per heavy atom. The molecule has 4 rings (SSSR count). The molecule has 266 valence electrons. The van der Waals surface area contributed by atoms with Gasteiger partial charge in [0.2, 0.25) is 10.0 Å². The Morgan fingerprint density at radius 3 is 2.52 bits per heavy atom. The molecule has 0 spiro atoms. The minimum absolute atomic E-state index is 0.00778. The number of hydrogen-bond acceptors (Lipinski definition) is 9. The van der Waals surface area contributed by atoms with E-state index in [1.165, 1.54) is 21.3 Å². The summed E-state index contributed by atoms with van der Waals surface area (Å²) in [4.78, 5) is 26.1. The first-order valence-corrected chi connectivity index (χ1v) is 17.9. The van der Waals surface area contributed by atoms with Gasteiger partial charge in [0.1, 0.15) is 0 Å². The van der Waals surface area contributed by atoms with Crippen molar-refractivity contribution in [2.45, 2.75) is 88.9 Å². The number of carbonyl (C=O) groups excluding carboxylic acids is 1. The monoisotopic (exact) mass is 690 g/mol. The lowest BCUT2D eigenvalue weighted by atomic mass is 9.87. The molecule has 5 atom stereocenters. The van der Waals surface area contributed by atoms with Gasteiger partial charge in [-0.15, -0.1) is 0 Å². The van der Waals surface area contributed by atoms with Crippen LogP contribution in [0, 0.1) is 11.3 Å². The van der Waals surface area contributed by atoms with Gasteiger partial charge in [-0.2, -0.15) is 4.31 Å². The molecule has 48 heavy (non-hydrogen) atoms. The van der Waals surface area contributed by atoms with E-state index in [-0.39, 0.29) is 48.7 Å². The van der Waals surface area contributed by atoms with Gasteiger partial charge >= 0.3 is 12.2 Å². The summed E-state index contributed by atoms with van der Waals surface area (Å²) < 4.78 is 46.2. The zero-order valence-corrected chi connectivity index (χ0v) is 29.0. The molecule has 2 aromatic carbocycles. The van der Waals surface area contributed by atoms with Crippen molar-refractivity contribution in [2.75, 3.05) is 38.6 Å². The van der Waals surface area contributed by atoms with Gasteiger partial charge in [0.05, 0.1) is 42.4 Å². The summed E-state index contributed by atoms with van der Waals surface area (Å²) in [6.07, 6.45) is -2.10. The predicted octanol–water partition coefficient (Wildman–Crippen LogP) is 3.91. The molecule has 0 saturated carbocycles. The maximum atomic E-state index is 14.2. The smallest absolute Gasteiger partial charge is 0.407 e. The van der Waals surface area contributed by atoms with Crippen LogP contribution in [-0.2, 0) is 30.7 Å². The molecule has 0 aromatic heterocycles. The highest BCUT2D eigenvalue weighted by atomic mass is 32.2. The van der Waals surface area contributed by atoms with Crippen LogP contribution < -0.4 is 11.1 Å². The van der Waals surface area contributed by atoms with Crippen LogP contribution in [0.15, 0.2) is 59.5 Å². The number of nitrogen functional groups attached to an aromatic ring is 1. The van der Waals surface area contributed by atoms with Gasteiger partial charge < -0.3 is 35.5 Å². The number of nitrogens with one attached hydrogen (secondary N) is 1. The third kappa shape index (κ3) is 9.82. The maximum Gasteiger partial charge on any atom is 0.407 e. The summed E-state index contributed by atoms with van der Waals surface area (Å²) in [6, 6.07) is 13.6. The first-order valence-electron chi connectivity index (χ1n) is 16.4. The molecule has 0 bridgehead atoms. The lowest BCUT2D eigenvalue weighted by molar-refractivity contribution is -0.0906. The lowest BCUT2D eigenvalue weighted by Gasteiger charge is -2.40. The van der Waals surface area contributed by atoms with Crippen molar-refractivity contribution in [2.24, 2.45) is 11.3 Å². The van der Waals surface area contributed by atoms with Gasteiger partial charge in [-0.25, -0.2) is 18.0 Å². The van der Waals surface area contributed by atoms with Gasteiger partial charge in [-0.1, -0.05) is 50.2 Å². The Bertz CT molecular complexity index is 1470. The number of aliphatic hydroxyl groups is 1. The normalized spacial score (nSPS) is 20.8. The average Bonchev–Trinajstić information content (AvgIpc) is 3.64. The number of rotatable bonds is 16. The van der Waals surface area contributed by atoms with Crippen LogP contribution in [0.5, 0.6) is 0 Å². The fourth-order valence-electron chi connectivity index (χ4n) is 6.51. The number of alkyl carbamates (subject to hydrolysis) is 1. The van der Waals surface area contributed by atoms with Crippen molar-refractivity contribution in [3.8, 4) is 0 Å². The quantitative estimate of drug-likeness (QED) is 0.149. The number of benzene rings is 2. The van der Waals surface area contributed by atoms with Crippen molar-refractivity contribution < 1.29 is 42.4 Å². The van der Waals surface area contributed by atoms with Crippen molar-refractivity contribution >= 4 is 27.9 Å². The van der Waals surface area contributed by atoms with Gasteiger partial charge in [0, 0.05) is 31.2 Å². The van der Waals surface area contributed by atoms with E-state index >= 15 is 0 Å². The zero-order chi connectivity index (χ0) is 35.1. The average molecular weight is 691 g/mol. The number of fused-ring (bicyclic) bond motifs is 1. The van der Waals surface area contributed by atoms with E-state index in [0.717, 1.165) is 5.56 Å². The standard InChI is InChI=1S/C34H50N4O9S/c1-23(2)47-32(40)36-16-9-15-34(3,4)22-37(48(43,44)26-13-8-12-25(35)19-26)20-30(39)28(18-24-10-6-5-7-11-24)38(33(41)42)29-21-46-31-27(29)14-17-45-31/h5-8,10-13,19,23,27-31,39H,9,14-18,20-22,35H2,1-4H3,(H,36,40)(H,41,42)/t27-,28-,29-,30+,31+/m0/s1. The molecular formula is C34H50N4O9S. The number of anilines is 1. The third-order valence-corrected chi connectivity index (χ3v) is 10.6. The summed E-state index contributed by atoms with van der Waals surface area (Å²) >= 11 is 0. The summed E-state index contributed by atoms with van der Waals surface area (Å²) in [5, 5.41) is 25.3. The number of amides is 2. The third-order valence-electron chi connectivity index (χ3n) is 8.81. The molecular weight excluding hydrogens is 640 g/mol. The number of sulfonamides is 1. The first-order chi connectivity index (χ1) is 22.7. The van der Waals surface area contributed by atoms with Crippen molar-refractivity contribution in [3.05, 3.63) is 60.2 Å². The molecule has 0 unspecified atom stereocenters. The van der Waals surface area contributed by atoms with E-state index < -0.39 is 52.1 Å². The Morgan fingerprint density at radius 2 is 1.85 bits per heavy atom. The van der Waals surface area contributed by atoms with E-state index in [4.69, 9.17) is 19.9 Å².